The van der Waals surface area contributed by atoms with Crippen molar-refractivity contribution in [3.63, 3.8) is 0 Å². The highest BCUT2D eigenvalue weighted by Crippen LogP contribution is 2.24. The molecular formula is C14H16N2O3. The van der Waals surface area contributed by atoms with Crippen molar-refractivity contribution in [2.75, 3.05) is 0 Å². The summed E-state index contributed by atoms with van der Waals surface area (Å²) in [7, 11) is 0. The normalized spacial score (nSPS) is 14.0. The van der Waals surface area contributed by atoms with Crippen molar-refractivity contribution in [3.05, 3.63) is 48.3 Å². The summed E-state index contributed by atoms with van der Waals surface area (Å²) in [5.41, 5.74) is 1.52. The van der Waals surface area contributed by atoms with E-state index in [9.17, 15) is 9.90 Å². The van der Waals surface area contributed by atoms with Gasteiger partial charge in [-0.25, -0.2) is 4.68 Å². The fourth-order valence-electron chi connectivity index (χ4n) is 1.93. The zero-order valence-electron chi connectivity index (χ0n) is 10.6. The van der Waals surface area contributed by atoms with Gasteiger partial charge >= 0.3 is 5.97 Å². The van der Waals surface area contributed by atoms with Crippen LogP contribution >= 0.6 is 0 Å². The molecule has 5 heteroatoms. The summed E-state index contributed by atoms with van der Waals surface area (Å²) in [6.07, 6.45) is 2.39. The summed E-state index contributed by atoms with van der Waals surface area (Å²) in [5, 5.41) is 23.0. The van der Waals surface area contributed by atoms with Gasteiger partial charge in [-0.05, 0) is 18.1 Å². The summed E-state index contributed by atoms with van der Waals surface area (Å²) in [5.74, 6) is -1.27. The molecule has 0 aliphatic carbocycles. The van der Waals surface area contributed by atoms with Crippen LogP contribution in [0.2, 0.25) is 0 Å². The summed E-state index contributed by atoms with van der Waals surface area (Å²) < 4.78 is 1.66. The number of nitrogens with zero attached hydrogens (tertiary/aromatic N) is 2. The number of hydrogen-bond donors (Lipinski definition) is 2. The SMILES string of the molecule is CC(CC(=O)O)C(O)c1cnn(-c2ccccc2)c1. The van der Waals surface area contributed by atoms with E-state index >= 15 is 0 Å². The molecule has 5 nitrogen and oxygen atoms in total. The van der Waals surface area contributed by atoms with Gasteiger partial charge in [-0.15, -0.1) is 0 Å². The first-order chi connectivity index (χ1) is 9.08. The van der Waals surface area contributed by atoms with Gasteiger partial charge in [0.1, 0.15) is 0 Å². The fourth-order valence-corrected chi connectivity index (χ4v) is 1.93. The van der Waals surface area contributed by atoms with Crippen LogP contribution in [0, 0.1) is 5.92 Å². The van der Waals surface area contributed by atoms with Crippen molar-refractivity contribution in [2.24, 2.45) is 5.92 Å². The first-order valence-electron chi connectivity index (χ1n) is 6.08. The van der Waals surface area contributed by atoms with Gasteiger partial charge in [-0.2, -0.15) is 5.10 Å². The van der Waals surface area contributed by atoms with Crippen molar-refractivity contribution >= 4 is 5.97 Å². The number of aliphatic hydroxyl groups excluding tert-OH is 1. The number of carboxylic acids is 1. The van der Waals surface area contributed by atoms with Gasteiger partial charge < -0.3 is 10.2 Å². The molecule has 0 radical (unpaired) electrons. The number of carbonyl (C=O) groups is 1. The van der Waals surface area contributed by atoms with Gasteiger partial charge in [0.05, 0.1) is 24.4 Å². The molecule has 2 aromatic rings. The molecule has 0 fully saturated rings. The molecule has 0 spiro atoms. The van der Waals surface area contributed by atoms with E-state index in [0.717, 1.165) is 5.69 Å². The highest BCUT2D eigenvalue weighted by Gasteiger charge is 2.20. The monoisotopic (exact) mass is 260 g/mol. The molecule has 0 saturated heterocycles. The van der Waals surface area contributed by atoms with E-state index in [-0.39, 0.29) is 12.3 Å². The number of carboxylic acid groups (broad SMARTS) is 1. The number of aliphatic hydroxyl groups is 1. The van der Waals surface area contributed by atoms with E-state index in [2.05, 4.69) is 5.10 Å². The lowest BCUT2D eigenvalue weighted by molar-refractivity contribution is -0.139. The van der Waals surface area contributed by atoms with E-state index in [4.69, 9.17) is 5.11 Å². The minimum Gasteiger partial charge on any atom is -0.481 e. The summed E-state index contributed by atoms with van der Waals surface area (Å²) in [6, 6.07) is 9.53. The second-order valence-electron chi connectivity index (χ2n) is 4.57. The number of aliphatic carboxylic acids is 1. The van der Waals surface area contributed by atoms with Crippen LogP contribution in [0.5, 0.6) is 0 Å². The standard InChI is InChI=1S/C14H16N2O3/c1-10(7-13(17)18)14(19)11-8-15-16(9-11)12-5-3-2-4-6-12/h2-6,8-10,14,19H,7H2,1H3,(H,17,18). The second-order valence-corrected chi connectivity index (χ2v) is 4.57. The lowest BCUT2D eigenvalue weighted by Gasteiger charge is -2.15. The Kier molecular flexibility index (Phi) is 3.97. The molecule has 2 rings (SSSR count). The van der Waals surface area contributed by atoms with Gasteiger partial charge in [-0.3, -0.25) is 4.79 Å². The predicted octanol–water partition coefficient (Wildman–Crippen LogP) is 2.02. The molecule has 2 atom stereocenters. The third-order valence-electron chi connectivity index (χ3n) is 3.00. The maximum absolute atomic E-state index is 10.6. The quantitative estimate of drug-likeness (QED) is 0.862. The number of benzene rings is 1. The largest absolute Gasteiger partial charge is 0.481 e. The minimum atomic E-state index is -0.915. The van der Waals surface area contributed by atoms with Crippen molar-refractivity contribution in [1.29, 1.82) is 0 Å². The Bertz CT molecular complexity index is 551. The number of aromatic nitrogens is 2. The third kappa shape index (κ3) is 3.20. The van der Waals surface area contributed by atoms with E-state index < -0.39 is 12.1 Å². The molecular weight excluding hydrogens is 244 g/mol. The lowest BCUT2D eigenvalue weighted by atomic mass is 9.97. The van der Waals surface area contributed by atoms with Crippen LogP contribution in [0.4, 0.5) is 0 Å². The van der Waals surface area contributed by atoms with Gasteiger partial charge in [0.25, 0.3) is 0 Å². The van der Waals surface area contributed by atoms with Crippen molar-refractivity contribution in [2.45, 2.75) is 19.4 Å². The van der Waals surface area contributed by atoms with Gasteiger partial charge in [-0.1, -0.05) is 25.1 Å². The van der Waals surface area contributed by atoms with E-state index in [1.54, 1.807) is 24.0 Å². The highest BCUT2D eigenvalue weighted by atomic mass is 16.4. The average Bonchev–Trinajstić information content (AvgIpc) is 2.87. The first-order valence-corrected chi connectivity index (χ1v) is 6.08. The van der Waals surface area contributed by atoms with Crippen molar-refractivity contribution < 1.29 is 15.0 Å². The smallest absolute Gasteiger partial charge is 0.303 e. The topological polar surface area (TPSA) is 75.3 Å². The summed E-state index contributed by atoms with van der Waals surface area (Å²) >= 11 is 0. The zero-order chi connectivity index (χ0) is 13.8. The molecule has 1 aromatic heterocycles. The van der Waals surface area contributed by atoms with Crippen molar-refractivity contribution in [1.82, 2.24) is 9.78 Å². The summed E-state index contributed by atoms with van der Waals surface area (Å²) in [6.45, 7) is 1.71. The van der Waals surface area contributed by atoms with Gasteiger partial charge in [0, 0.05) is 11.8 Å². The fraction of sp³-hybridized carbons (Fsp3) is 0.286. The Balaban J connectivity index is 2.15. The maximum atomic E-state index is 10.6. The Hall–Kier alpha value is -2.14. The molecule has 0 bridgehead atoms. The van der Waals surface area contributed by atoms with Crippen LogP contribution in [0.25, 0.3) is 5.69 Å². The van der Waals surface area contributed by atoms with Crippen LogP contribution in [-0.2, 0) is 4.79 Å². The molecule has 1 heterocycles. The molecule has 19 heavy (non-hydrogen) atoms. The van der Waals surface area contributed by atoms with Crippen LogP contribution in [0.3, 0.4) is 0 Å². The molecule has 0 saturated carbocycles. The van der Waals surface area contributed by atoms with E-state index in [1.165, 1.54) is 0 Å². The molecule has 0 aliphatic heterocycles. The third-order valence-corrected chi connectivity index (χ3v) is 3.00. The Morgan fingerprint density at radius 1 is 1.37 bits per heavy atom. The molecule has 2 unspecified atom stereocenters. The highest BCUT2D eigenvalue weighted by molar-refractivity contribution is 5.67. The molecule has 100 valence electrons. The first kappa shape index (κ1) is 13.3. The Morgan fingerprint density at radius 2 is 2.05 bits per heavy atom. The molecule has 1 aromatic carbocycles. The second kappa shape index (κ2) is 5.67. The number of hydrogen-bond acceptors (Lipinski definition) is 3. The number of rotatable bonds is 5. The van der Waals surface area contributed by atoms with Crippen LogP contribution in [0.15, 0.2) is 42.7 Å². The molecule has 0 amide bonds. The van der Waals surface area contributed by atoms with Crippen LogP contribution in [-0.4, -0.2) is 26.0 Å². The van der Waals surface area contributed by atoms with E-state index in [0.29, 0.717) is 5.56 Å². The predicted molar refractivity (Wildman–Crippen MR) is 69.9 cm³/mol. The molecule has 0 aliphatic rings. The van der Waals surface area contributed by atoms with E-state index in [1.807, 2.05) is 30.3 Å². The maximum Gasteiger partial charge on any atom is 0.303 e. The average molecular weight is 260 g/mol. The zero-order valence-corrected chi connectivity index (χ0v) is 10.6. The van der Waals surface area contributed by atoms with Crippen LogP contribution in [0.1, 0.15) is 25.0 Å². The van der Waals surface area contributed by atoms with Crippen molar-refractivity contribution in [3.8, 4) is 5.69 Å². The molecule has 2 N–H and O–H groups in total. The Morgan fingerprint density at radius 3 is 2.68 bits per heavy atom. The minimum absolute atomic E-state index is 0.0717. The lowest BCUT2D eigenvalue weighted by Crippen LogP contribution is -2.13. The Labute approximate surface area is 111 Å². The summed E-state index contributed by atoms with van der Waals surface area (Å²) in [4.78, 5) is 10.6. The van der Waals surface area contributed by atoms with Crippen LogP contribution < -0.4 is 0 Å². The number of para-hydroxylation sites is 1. The van der Waals surface area contributed by atoms with Gasteiger partial charge in [0.2, 0.25) is 0 Å². The van der Waals surface area contributed by atoms with Gasteiger partial charge in [0.15, 0.2) is 0 Å².